The number of alkyl halides is 2. The minimum absolute atomic E-state index is 0.110. The highest BCUT2D eigenvalue weighted by molar-refractivity contribution is 5.96. The van der Waals surface area contributed by atoms with E-state index in [0.29, 0.717) is 18.1 Å². The molecule has 0 unspecified atom stereocenters. The van der Waals surface area contributed by atoms with Crippen LogP contribution in [-0.4, -0.2) is 66.8 Å². The number of nitrogens with zero attached hydrogens (tertiary/aromatic N) is 2. The molecule has 3 aliphatic rings. The Hall–Kier alpha value is -2.68. The summed E-state index contributed by atoms with van der Waals surface area (Å²) in [7, 11) is 1.64. The van der Waals surface area contributed by atoms with Crippen LogP contribution in [0.25, 0.3) is 10.9 Å². The van der Waals surface area contributed by atoms with Crippen molar-refractivity contribution in [3.8, 4) is 11.5 Å². The Morgan fingerprint density at radius 2 is 1.94 bits per heavy atom. The van der Waals surface area contributed by atoms with Crippen molar-refractivity contribution in [1.82, 2.24) is 9.88 Å². The van der Waals surface area contributed by atoms with E-state index in [1.165, 1.54) is 31.5 Å². The molecule has 0 bridgehead atoms. The highest BCUT2D eigenvalue weighted by atomic mass is 19.3. The van der Waals surface area contributed by atoms with Gasteiger partial charge in [-0.1, -0.05) is 0 Å². The van der Waals surface area contributed by atoms with Crippen LogP contribution in [0.5, 0.6) is 11.5 Å². The smallest absolute Gasteiger partial charge is 0.290 e. The van der Waals surface area contributed by atoms with Gasteiger partial charge in [0.2, 0.25) is 0 Å². The van der Waals surface area contributed by atoms with Crippen LogP contribution in [0.1, 0.15) is 49.8 Å². The van der Waals surface area contributed by atoms with E-state index in [0.717, 1.165) is 54.5 Å². The molecule has 1 saturated heterocycles. The van der Waals surface area contributed by atoms with Gasteiger partial charge in [0.25, 0.3) is 12.4 Å². The second kappa shape index (κ2) is 10.7. The van der Waals surface area contributed by atoms with E-state index >= 15 is 0 Å². The van der Waals surface area contributed by atoms with Crippen LogP contribution < -0.4 is 14.8 Å². The van der Waals surface area contributed by atoms with E-state index in [9.17, 15) is 8.78 Å². The minimum atomic E-state index is -2.54. The molecule has 1 aromatic heterocycles. The van der Waals surface area contributed by atoms with Gasteiger partial charge in [-0.3, -0.25) is 9.78 Å². The summed E-state index contributed by atoms with van der Waals surface area (Å²) in [6, 6.07) is 3.71. The van der Waals surface area contributed by atoms with E-state index < -0.39 is 5.92 Å². The van der Waals surface area contributed by atoms with Gasteiger partial charge in [0.15, 0.2) is 11.5 Å². The third-order valence-corrected chi connectivity index (χ3v) is 6.81. The number of fused-ring (bicyclic) bond motifs is 2. The van der Waals surface area contributed by atoms with Crippen molar-refractivity contribution >= 4 is 23.1 Å². The third-order valence-electron chi connectivity index (χ3n) is 6.81. The summed E-state index contributed by atoms with van der Waals surface area (Å²) in [5.41, 5.74) is 4.04. The molecule has 1 aromatic carbocycles. The molecule has 0 atom stereocenters. The molecule has 2 N–H and O–H groups in total. The van der Waals surface area contributed by atoms with E-state index in [4.69, 9.17) is 24.4 Å². The van der Waals surface area contributed by atoms with Crippen LogP contribution in [0.2, 0.25) is 0 Å². The van der Waals surface area contributed by atoms with Crippen LogP contribution >= 0.6 is 0 Å². The molecule has 34 heavy (non-hydrogen) atoms. The summed E-state index contributed by atoms with van der Waals surface area (Å²) in [4.78, 5) is 15.7. The number of hydrogen-bond donors (Lipinski definition) is 2. The Labute approximate surface area is 198 Å². The molecule has 0 radical (unpaired) electrons. The van der Waals surface area contributed by atoms with E-state index in [2.05, 4.69) is 10.2 Å². The highest BCUT2D eigenvalue weighted by Crippen LogP contribution is 2.44. The van der Waals surface area contributed by atoms with Crippen molar-refractivity contribution in [2.75, 3.05) is 38.7 Å². The summed E-state index contributed by atoms with van der Waals surface area (Å²) in [6.07, 6.45) is 6.25. The Balaban J connectivity index is 0.000000868. The maximum atomic E-state index is 13.4. The zero-order valence-corrected chi connectivity index (χ0v) is 19.6. The number of pyridine rings is 1. The number of benzene rings is 1. The first-order chi connectivity index (χ1) is 16.4. The summed E-state index contributed by atoms with van der Waals surface area (Å²) >= 11 is 0. The molecule has 186 valence electrons. The molecule has 2 aromatic rings. The number of hydrogen-bond acceptors (Lipinski definition) is 6. The van der Waals surface area contributed by atoms with Crippen LogP contribution in [-0.2, 0) is 17.6 Å². The topological polar surface area (TPSA) is 83.9 Å². The normalized spacial score (nSPS) is 19.1. The predicted molar refractivity (Wildman–Crippen MR) is 126 cm³/mol. The fraction of sp³-hybridized carbons (Fsp3) is 0.600. The lowest BCUT2D eigenvalue weighted by Gasteiger charge is -2.36. The summed E-state index contributed by atoms with van der Waals surface area (Å²) < 4.78 is 38.5. The van der Waals surface area contributed by atoms with Crippen LogP contribution in [0.3, 0.4) is 0 Å². The lowest BCUT2D eigenvalue weighted by atomic mass is 9.87. The second-order valence-corrected chi connectivity index (χ2v) is 9.25. The van der Waals surface area contributed by atoms with Gasteiger partial charge in [0.05, 0.1) is 19.2 Å². The number of rotatable bonds is 8. The van der Waals surface area contributed by atoms with E-state index in [1.54, 1.807) is 7.11 Å². The first-order valence-corrected chi connectivity index (χ1v) is 12.0. The second-order valence-electron chi connectivity index (χ2n) is 9.25. The Bertz CT molecular complexity index is 1000. The molecule has 2 aliphatic carbocycles. The molecule has 0 spiro atoms. The average Bonchev–Trinajstić information content (AvgIpc) is 3.47. The number of anilines is 1. The number of halogens is 2. The van der Waals surface area contributed by atoms with Gasteiger partial charge in [0, 0.05) is 48.3 Å². The van der Waals surface area contributed by atoms with Crippen molar-refractivity contribution in [2.45, 2.75) is 63.3 Å². The van der Waals surface area contributed by atoms with Gasteiger partial charge in [-0.05, 0) is 63.2 Å². The van der Waals surface area contributed by atoms with Gasteiger partial charge in [-0.25, -0.2) is 8.78 Å². The third kappa shape index (κ3) is 5.51. The number of likely N-dealkylation sites (tertiary alicyclic amines) is 1. The highest BCUT2D eigenvalue weighted by Gasteiger charge is 2.45. The van der Waals surface area contributed by atoms with Gasteiger partial charge >= 0.3 is 0 Å². The number of aryl methyl sites for hydroxylation is 1. The Morgan fingerprint density at radius 1 is 1.21 bits per heavy atom. The minimum Gasteiger partial charge on any atom is -0.493 e. The molecule has 7 nitrogen and oxygen atoms in total. The molecule has 2 fully saturated rings. The number of nitrogens with one attached hydrogen (secondary N) is 1. The largest absolute Gasteiger partial charge is 0.493 e. The molecule has 9 heteroatoms. The number of carbonyl (C=O) groups is 1. The molecule has 5 rings (SSSR count). The predicted octanol–water partition coefficient (Wildman–Crippen LogP) is 4.51. The molecule has 1 aliphatic heterocycles. The van der Waals surface area contributed by atoms with E-state index in [1.807, 2.05) is 12.1 Å². The van der Waals surface area contributed by atoms with E-state index in [-0.39, 0.29) is 25.4 Å². The SMILES string of the molecule is COc1cc2c(NC3CC(F)(F)C3)c3c(nc2cc1OCCCN1CCCC1)CCC3.O=CO. The van der Waals surface area contributed by atoms with Crippen molar-refractivity contribution in [2.24, 2.45) is 0 Å². The standard InChI is InChI=1S/C24H31F2N3O2.CH2O2/c1-30-21-12-18-20(13-22(21)31-11-5-10-29-8-2-3-9-29)28-19-7-4-6-17(19)23(18)27-16-14-24(25,26)15-16;2-1-3/h12-13,16H,2-11,14-15H2,1H3,(H,27,28);1H,(H,2,3). The van der Waals surface area contributed by atoms with Crippen LogP contribution in [0.4, 0.5) is 14.5 Å². The fourth-order valence-electron chi connectivity index (χ4n) is 5.15. The van der Waals surface area contributed by atoms with Crippen molar-refractivity contribution in [3.63, 3.8) is 0 Å². The fourth-order valence-corrected chi connectivity index (χ4v) is 5.15. The summed E-state index contributed by atoms with van der Waals surface area (Å²) in [5.74, 6) is -1.18. The van der Waals surface area contributed by atoms with Gasteiger partial charge in [-0.2, -0.15) is 0 Å². The molecule has 2 heterocycles. The lowest BCUT2D eigenvalue weighted by molar-refractivity contribution is -0.122. The molecular formula is C25H33F2N3O4. The van der Waals surface area contributed by atoms with Crippen LogP contribution in [0, 0.1) is 0 Å². The van der Waals surface area contributed by atoms with Gasteiger partial charge in [-0.15, -0.1) is 0 Å². The lowest BCUT2D eigenvalue weighted by Crippen LogP contribution is -2.44. The first kappa shape index (κ1) is 24.4. The summed E-state index contributed by atoms with van der Waals surface area (Å²) in [6.45, 7) is 3.82. The van der Waals surface area contributed by atoms with Crippen molar-refractivity contribution < 1.29 is 28.2 Å². The van der Waals surface area contributed by atoms with Gasteiger partial charge < -0.3 is 24.8 Å². The van der Waals surface area contributed by atoms with Crippen molar-refractivity contribution in [1.29, 1.82) is 0 Å². The zero-order chi connectivity index (χ0) is 24.1. The number of methoxy groups -OCH3 is 1. The zero-order valence-electron chi connectivity index (χ0n) is 19.6. The maximum Gasteiger partial charge on any atom is 0.290 e. The monoisotopic (exact) mass is 477 g/mol. The quantitative estimate of drug-likeness (QED) is 0.428. The Morgan fingerprint density at radius 3 is 2.62 bits per heavy atom. The maximum absolute atomic E-state index is 13.4. The number of aromatic nitrogens is 1. The van der Waals surface area contributed by atoms with Gasteiger partial charge in [0.1, 0.15) is 0 Å². The molecule has 0 amide bonds. The van der Waals surface area contributed by atoms with Crippen LogP contribution in [0.15, 0.2) is 12.1 Å². The first-order valence-electron chi connectivity index (χ1n) is 12.0. The molecular weight excluding hydrogens is 444 g/mol. The average molecular weight is 478 g/mol. The van der Waals surface area contributed by atoms with Crippen molar-refractivity contribution in [3.05, 3.63) is 23.4 Å². The Kier molecular flexibility index (Phi) is 7.70. The molecule has 1 saturated carbocycles. The number of carboxylic acid groups (broad SMARTS) is 1. The number of ether oxygens (including phenoxy) is 2. The summed E-state index contributed by atoms with van der Waals surface area (Å²) in [5, 5.41) is 11.2.